The van der Waals surface area contributed by atoms with Crippen LogP contribution < -0.4 is 0 Å². The van der Waals surface area contributed by atoms with E-state index in [1.807, 2.05) is 6.07 Å². The predicted octanol–water partition coefficient (Wildman–Crippen LogP) is 3.07. The molecule has 3 nitrogen and oxygen atoms in total. The lowest BCUT2D eigenvalue weighted by molar-refractivity contribution is 0.241. The van der Waals surface area contributed by atoms with Crippen LogP contribution >= 0.6 is 0 Å². The minimum atomic E-state index is -0.390. The summed E-state index contributed by atoms with van der Waals surface area (Å²) in [6.07, 6.45) is 0.452. The molecule has 0 heterocycles. The minimum Gasteiger partial charge on any atom is -0.298 e. The second-order valence-electron chi connectivity index (χ2n) is 5.00. The van der Waals surface area contributed by atoms with Crippen LogP contribution in [0.1, 0.15) is 31.4 Å². The summed E-state index contributed by atoms with van der Waals surface area (Å²) >= 11 is 0. The lowest BCUT2D eigenvalue weighted by atomic mass is 10.1. The van der Waals surface area contributed by atoms with Crippen LogP contribution in [0.3, 0.4) is 0 Å². The van der Waals surface area contributed by atoms with Crippen molar-refractivity contribution in [3.63, 3.8) is 0 Å². The Bertz CT molecular complexity index is 497. The first-order valence-corrected chi connectivity index (χ1v) is 6.34. The fraction of sp³-hybridized carbons (Fsp3) is 0.467. The quantitative estimate of drug-likeness (QED) is 0.789. The Labute approximate surface area is 113 Å². The lowest BCUT2D eigenvalue weighted by Crippen LogP contribution is -2.28. The highest BCUT2D eigenvalue weighted by Crippen LogP contribution is 2.12. The standard InChI is InChI=1S/C15H18FN3/c1-12(2)10-19(5-3-4-17)11-14-6-13(9-18)7-15(16)8-14/h6-8,12H,3,5,10-11H2,1-2H3. The zero-order chi connectivity index (χ0) is 14.3. The van der Waals surface area contributed by atoms with Crippen LogP contribution in [0, 0.1) is 34.4 Å². The van der Waals surface area contributed by atoms with Gasteiger partial charge in [-0.25, -0.2) is 4.39 Å². The highest BCUT2D eigenvalue weighted by molar-refractivity contribution is 5.33. The van der Waals surface area contributed by atoms with E-state index in [2.05, 4.69) is 24.8 Å². The van der Waals surface area contributed by atoms with E-state index < -0.39 is 0 Å². The fourth-order valence-corrected chi connectivity index (χ4v) is 2.02. The van der Waals surface area contributed by atoms with E-state index in [-0.39, 0.29) is 5.82 Å². The van der Waals surface area contributed by atoms with Gasteiger partial charge in [0, 0.05) is 26.1 Å². The Morgan fingerprint density at radius 2 is 2.00 bits per heavy atom. The summed E-state index contributed by atoms with van der Waals surface area (Å²) in [5.74, 6) is 0.0847. The number of hydrogen-bond donors (Lipinski definition) is 0. The van der Waals surface area contributed by atoms with E-state index in [9.17, 15) is 4.39 Å². The van der Waals surface area contributed by atoms with Crippen molar-refractivity contribution in [2.45, 2.75) is 26.8 Å². The monoisotopic (exact) mass is 259 g/mol. The summed E-state index contributed by atoms with van der Waals surface area (Å²) < 4.78 is 13.4. The van der Waals surface area contributed by atoms with Gasteiger partial charge in [0.2, 0.25) is 0 Å². The van der Waals surface area contributed by atoms with Crippen molar-refractivity contribution in [1.82, 2.24) is 4.90 Å². The summed E-state index contributed by atoms with van der Waals surface area (Å²) in [5.41, 5.74) is 1.11. The highest BCUT2D eigenvalue weighted by atomic mass is 19.1. The van der Waals surface area contributed by atoms with Crippen LogP contribution in [-0.2, 0) is 6.54 Å². The van der Waals surface area contributed by atoms with Crippen LogP contribution in [0.15, 0.2) is 18.2 Å². The minimum absolute atomic E-state index is 0.333. The predicted molar refractivity (Wildman–Crippen MR) is 71.5 cm³/mol. The smallest absolute Gasteiger partial charge is 0.124 e. The number of nitriles is 2. The molecular weight excluding hydrogens is 241 g/mol. The molecule has 1 aromatic rings. The lowest BCUT2D eigenvalue weighted by Gasteiger charge is -2.23. The molecule has 1 rings (SSSR count). The zero-order valence-electron chi connectivity index (χ0n) is 11.4. The van der Waals surface area contributed by atoms with E-state index in [0.29, 0.717) is 31.0 Å². The first-order chi connectivity index (χ1) is 9.05. The third-order valence-electron chi connectivity index (χ3n) is 2.66. The topological polar surface area (TPSA) is 50.8 Å². The van der Waals surface area contributed by atoms with E-state index in [1.165, 1.54) is 12.1 Å². The summed E-state index contributed by atoms with van der Waals surface area (Å²) in [6.45, 7) is 6.27. The molecule has 0 aliphatic rings. The van der Waals surface area contributed by atoms with Gasteiger partial charge >= 0.3 is 0 Å². The summed E-state index contributed by atoms with van der Waals surface area (Å²) in [7, 11) is 0. The first kappa shape index (κ1) is 15.1. The third-order valence-corrected chi connectivity index (χ3v) is 2.66. The molecule has 0 unspecified atom stereocenters. The molecule has 0 aliphatic heterocycles. The van der Waals surface area contributed by atoms with Crippen molar-refractivity contribution in [2.24, 2.45) is 5.92 Å². The van der Waals surface area contributed by atoms with E-state index in [1.54, 1.807) is 6.07 Å². The average Bonchev–Trinajstić information content (AvgIpc) is 2.34. The Balaban J connectivity index is 2.80. The molecule has 0 aromatic heterocycles. The fourth-order valence-electron chi connectivity index (χ4n) is 2.02. The number of benzene rings is 1. The molecule has 4 heteroatoms. The summed E-state index contributed by atoms with van der Waals surface area (Å²) in [5, 5.41) is 17.5. The highest BCUT2D eigenvalue weighted by Gasteiger charge is 2.09. The van der Waals surface area contributed by atoms with Crippen molar-refractivity contribution in [2.75, 3.05) is 13.1 Å². The Morgan fingerprint density at radius 3 is 2.58 bits per heavy atom. The van der Waals surface area contributed by atoms with Gasteiger partial charge in [-0.15, -0.1) is 0 Å². The third kappa shape index (κ3) is 5.50. The summed E-state index contributed by atoms with van der Waals surface area (Å²) in [4.78, 5) is 2.11. The first-order valence-electron chi connectivity index (χ1n) is 6.34. The maximum atomic E-state index is 13.4. The number of hydrogen-bond acceptors (Lipinski definition) is 3. The largest absolute Gasteiger partial charge is 0.298 e. The molecule has 0 aliphatic carbocycles. The molecule has 0 bridgehead atoms. The van der Waals surface area contributed by atoms with Crippen LogP contribution in [0.2, 0.25) is 0 Å². The Kier molecular flexibility index (Phi) is 5.99. The SMILES string of the molecule is CC(C)CN(CCC#N)Cc1cc(F)cc(C#N)c1. The molecule has 0 N–H and O–H groups in total. The molecule has 0 saturated heterocycles. The van der Waals surface area contributed by atoms with Crippen LogP contribution in [0.25, 0.3) is 0 Å². The van der Waals surface area contributed by atoms with Gasteiger partial charge in [0.15, 0.2) is 0 Å². The van der Waals surface area contributed by atoms with Gasteiger partial charge in [0.1, 0.15) is 5.82 Å². The Morgan fingerprint density at radius 1 is 1.26 bits per heavy atom. The van der Waals surface area contributed by atoms with E-state index in [4.69, 9.17) is 10.5 Å². The van der Waals surface area contributed by atoms with Gasteiger partial charge in [-0.2, -0.15) is 10.5 Å². The second kappa shape index (κ2) is 7.51. The summed E-state index contributed by atoms with van der Waals surface area (Å²) in [6, 6.07) is 8.45. The molecule has 1 aromatic carbocycles. The molecule has 100 valence electrons. The van der Waals surface area contributed by atoms with Crippen LogP contribution in [-0.4, -0.2) is 18.0 Å². The second-order valence-corrected chi connectivity index (χ2v) is 5.00. The molecule has 0 amide bonds. The van der Waals surface area contributed by atoms with Crippen molar-refractivity contribution in [1.29, 1.82) is 10.5 Å². The Hall–Kier alpha value is -1.91. The normalized spacial score (nSPS) is 10.5. The van der Waals surface area contributed by atoms with Gasteiger partial charge in [0.25, 0.3) is 0 Å². The molecule has 0 fully saturated rings. The molecule has 19 heavy (non-hydrogen) atoms. The molecule has 0 atom stereocenters. The number of halogens is 1. The van der Waals surface area contributed by atoms with Crippen molar-refractivity contribution >= 4 is 0 Å². The van der Waals surface area contributed by atoms with Crippen LogP contribution in [0.4, 0.5) is 4.39 Å². The molecule has 0 spiro atoms. The van der Waals surface area contributed by atoms with Gasteiger partial charge in [-0.3, -0.25) is 4.90 Å². The maximum Gasteiger partial charge on any atom is 0.124 e. The van der Waals surface area contributed by atoms with Gasteiger partial charge in [-0.05, 0) is 29.7 Å². The van der Waals surface area contributed by atoms with Crippen LogP contribution in [0.5, 0.6) is 0 Å². The average molecular weight is 259 g/mol. The van der Waals surface area contributed by atoms with Gasteiger partial charge in [0.05, 0.1) is 17.7 Å². The molecule has 0 radical (unpaired) electrons. The number of rotatable bonds is 6. The molecule has 0 saturated carbocycles. The maximum absolute atomic E-state index is 13.4. The van der Waals surface area contributed by atoms with Gasteiger partial charge in [-0.1, -0.05) is 13.8 Å². The van der Waals surface area contributed by atoms with Gasteiger partial charge < -0.3 is 0 Å². The zero-order valence-corrected chi connectivity index (χ0v) is 11.4. The van der Waals surface area contributed by atoms with Crippen molar-refractivity contribution in [3.8, 4) is 12.1 Å². The van der Waals surface area contributed by atoms with E-state index >= 15 is 0 Å². The van der Waals surface area contributed by atoms with Crippen molar-refractivity contribution in [3.05, 3.63) is 35.1 Å². The van der Waals surface area contributed by atoms with E-state index in [0.717, 1.165) is 12.1 Å². The number of nitrogens with zero attached hydrogens (tertiary/aromatic N) is 3. The van der Waals surface area contributed by atoms with Crippen molar-refractivity contribution < 1.29 is 4.39 Å². The molecular formula is C15H18FN3.